The van der Waals surface area contributed by atoms with Crippen LogP contribution in [0.2, 0.25) is 0 Å². The Morgan fingerprint density at radius 1 is 0.351 bits per heavy atom. The molecule has 4 aromatic rings. The second kappa shape index (κ2) is 10.8. The Labute approximate surface area is 222 Å². The minimum absolute atomic E-state index is 0.386. The van der Waals surface area contributed by atoms with Crippen molar-refractivity contribution in [2.45, 2.75) is 43.9 Å². The monoisotopic (exact) mass is 486 g/mol. The van der Waals surface area contributed by atoms with E-state index in [-0.39, 0.29) is 5.41 Å². The van der Waals surface area contributed by atoms with E-state index in [0.29, 0.717) is 0 Å². The number of benzene rings is 4. The second-order valence-corrected chi connectivity index (χ2v) is 10.7. The van der Waals surface area contributed by atoms with Crippen molar-refractivity contribution in [1.29, 1.82) is 0 Å². The Morgan fingerprint density at radius 3 is 1.03 bits per heavy atom. The number of nitrogens with zero attached hydrogens (tertiary/aromatic N) is 2. The summed E-state index contributed by atoms with van der Waals surface area (Å²) in [5.74, 6) is 0. The van der Waals surface area contributed by atoms with Crippen molar-refractivity contribution in [1.82, 2.24) is 0 Å². The van der Waals surface area contributed by atoms with Crippen LogP contribution in [0, 0.1) is 0 Å². The molecule has 0 N–H and O–H groups in total. The van der Waals surface area contributed by atoms with Gasteiger partial charge in [0.2, 0.25) is 0 Å². The quantitative estimate of drug-likeness (QED) is 0.254. The van der Waals surface area contributed by atoms with Gasteiger partial charge in [-0.15, -0.1) is 0 Å². The Hall–Kier alpha value is -3.52. The molecule has 0 saturated carbocycles. The lowest BCUT2D eigenvalue weighted by molar-refractivity contribution is 0.577. The normalized spacial score (nSPS) is 16.5. The summed E-state index contributed by atoms with van der Waals surface area (Å²) in [6.07, 6.45) is 7.89. The molecule has 2 saturated heterocycles. The van der Waals surface area contributed by atoms with Gasteiger partial charge in [0.15, 0.2) is 0 Å². The second-order valence-electron chi connectivity index (χ2n) is 10.7. The molecule has 2 aliphatic rings. The minimum Gasteiger partial charge on any atom is -0.372 e. The fourth-order valence-corrected chi connectivity index (χ4v) is 6.53. The van der Waals surface area contributed by atoms with Crippen molar-refractivity contribution in [3.63, 3.8) is 0 Å². The molecule has 0 amide bonds. The molecule has 2 heterocycles. The molecule has 188 valence electrons. The predicted molar refractivity (Wildman–Crippen MR) is 157 cm³/mol. The van der Waals surface area contributed by atoms with Crippen LogP contribution in [-0.4, -0.2) is 26.2 Å². The lowest BCUT2D eigenvalue weighted by Crippen LogP contribution is -2.32. The third-order valence-electron chi connectivity index (χ3n) is 8.46. The van der Waals surface area contributed by atoms with Gasteiger partial charge in [-0.3, -0.25) is 0 Å². The SMILES string of the molecule is c1ccc(C(c2ccccc2)(c2ccc(N3CCCCC3)cc2)c2ccc(N3CCCCC3)cc2)cc1. The van der Waals surface area contributed by atoms with Crippen molar-refractivity contribution < 1.29 is 0 Å². The fraction of sp³-hybridized carbons (Fsp3) is 0.314. The maximum Gasteiger partial charge on any atom is 0.0701 e. The maximum absolute atomic E-state index is 2.55. The summed E-state index contributed by atoms with van der Waals surface area (Å²) >= 11 is 0. The lowest BCUT2D eigenvalue weighted by atomic mass is 9.65. The van der Waals surface area contributed by atoms with E-state index in [0.717, 1.165) is 0 Å². The Morgan fingerprint density at radius 2 is 0.676 bits per heavy atom. The van der Waals surface area contributed by atoms with Crippen molar-refractivity contribution in [3.05, 3.63) is 131 Å². The van der Waals surface area contributed by atoms with Crippen LogP contribution in [0.1, 0.15) is 60.8 Å². The van der Waals surface area contributed by atoms with E-state index >= 15 is 0 Å². The first kappa shape index (κ1) is 23.9. The molecule has 0 spiro atoms. The molecule has 4 aromatic carbocycles. The number of hydrogen-bond acceptors (Lipinski definition) is 2. The number of piperidine rings is 2. The van der Waals surface area contributed by atoms with Gasteiger partial charge >= 0.3 is 0 Å². The summed E-state index contributed by atoms with van der Waals surface area (Å²) in [5, 5.41) is 0. The molecule has 0 bridgehead atoms. The van der Waals surface area contributed by atoms with Crippen molar-refractivity contribution in [2.24, 2.45) is 0 Å². The van der Waals surface area contributed by atoms with Crippen LogP contribution in [0.15, 0.2) is 109 Å². The fourth-order valence-electron chi connectivity index (χ4n) is 6.53. The summed E-state index contributed by atoms with van der Waals surface area (Å²) in [7, 11) is 0. The highest BCUT2D eigenvalue weighted by Gasteiger charge is 2.38. The summed E-state index contributed by atoms with van der Waals surface area (Å²) in [6, 6.07) is 41.1. The Bertz CT molecular complexity index is 1150. The third kappa shape index (κ3) is 4.66. The molecule has 2 heteroatoms. The number of anilines is 2. The highest BCUT2D eigenvalue weighted by Crippen LogP contribution is 2.46. The Balaban J connectivity index is 1.50. The largest absolute Gasteiger partial charge is 0.372 e. The van der Waals surface area contributed by atoms with E-state index in [4.69, 9.17) is 0 Å². The van der Waals surface area contributed by atoms with Crippen LogP contribution in [-0.2, 0) is 5.41 Å². The van der Waals surface area contributed by atoms with Gasteiger partial charge in [-0.1, -0.05) is 84.9 Å². The third-order valence-corrected chi connectivity index (χ3v) is 8.46. The predicted octanol–water partition coefficient (Wildman–Crippen LogP) is 8.05. The average molecular weight is 487 g/mol. The van der Waals surface area contributed by atoms with Gasteiger partial charge in [0, 0.05) is 37.6 Å². The van der Waals surface area contributed by atoms with Crippen molar-refractivity contribution in [3.8, 4) is 0 Å². The van der Waals surface area contributed by atoms with Gasteiger partial charge in [0.25, 0.3) is 0 Å². The zero-order valence-corrected chi connectivity index (χ0v) is 21.9. The van der Waals surface area contributed by atoms with Crippen molar-refractivity contribution >= 4 is 11.4 Å². The molecule has 6 rings (SSSR count). The standard InChI is InChI=1S/C35H38N2/c1-5-13-29(14-6-1)35(30-15-7-2-8-16-30,31-17-21-33(22-18-31)36-25-9-3-10-26-36)32-19-23-34(24-20-32)37-27-11-4-12-28-37/h1-2,5-8,13-24H,3-4,9-12,25-28H2. The molecule has 0 unspecified atom stereocenters. The van der Waals surface area contributed by atoms with Crippen LogP contribution < -0.4 is 9.80 Å². The lowest BCUT2D eigenvalue weighted by Gasteiger charge is -2.38. The van der Waals surface area contributed by atoms with Crippen LogP contribution >= 0.6 is 0 Å². The molecule has 0 atom stereocenters. The molecule has 2 nitrogen and oxygen atoms in total. The summed E-state index contributed by atoms with van der Waals surface area (Å²) < 4.78 is 0. The van der Waals surface area contributed by atoms with E-state index in [1.54, 1.807) is 0 Å². The molecule has 0 radical (unpaired) electrons. The molecular formula is C35H38N2. The van der Waals surface area contributed by atoms with Crippen molar-refractivity contribution in [2.75, 3.05) is 36.0 Å². The molecule has 2 aliphatic heterocycles. The number of rotatable bonds is 6. The molecular weight excluding hydrogens is 448 g/mol. The van der Waals surface area contributed by atoms with Crippen LogP contribution in [0.3, 0.4) is 0 Å². The zero-order valence-electron chi connectivity index (χ0n) is 21.9. The highest BCUT2D eigenvalue weighted by molar-refractivity contribution is 5.63. The van der Waals surface area contributed by atoms with E-state index in [1.165, 1.54) is 98.3 Å². The van der Waals surface area contributed by atoms with Crippen LogP contribution in [0.5, 0.6) is 0 Å². The minimum atomic E-state index is -0.386. The van der Waals surface area contributed by atoms with Gasteiger partial charge in [0.1, 0.15) is 0 Å². The summed E-state index contributed by atoms with van der Waals surface area (Å²) in [5.41, 5.74) is 7.55. The average Bonchev–Trinajstić information content (AvgIpc) is 3.00. The summed E-state index contributed by atoms with van der Waals surface area (Å²) in [6.45, 7) is 4.67. The van der Waals surface area contributed by atoms with E-state index in [2.05, 4.69) is 119 Å². The molecule has 37 heavy (non-hydrogen) atoms. The van der Waals surface area contributed by atoms with Gasteiger partial charge in [-0.2, -0.15) is 0 Å². The van der Waals surface area contributed by atoms with Crippen LogP contribution in [0.25, 0.3) is 0 Å². The molecule has 0 aliphatic carbocycles. The first-order chi connectivity index (χ1) is 18.4. The van der Waals surface area contributed by atoms with Gasteiger partial charge in [-0.25, -0.2) is 0 Å². The van der Waals surface area contributed by atoms with Crippen LogP contribution in [0.4, 0.5) is 11.4 Å². The first-order valence-electron chi connectivity index (χ1n) is 14.2. The topological polar surface area (TPSA) is 6.48 Å². The summed E-state index contributed by atoms with van der Waals surface area (Å²) in [4.78, 5) is 5.10. The first-order valence-corrected chi connectivity index (χ1v) is 14.2. The van der Waals surface area contributed by atoms with Gasteiger partial charge < -0.3 is 9.80 Å². The van der Waals surface area contributed by atoms with E-state index < -0.39 is 0 Å². The van der Waals surface area contributed by atoms with E-state index in [1.807, 2.05) is 0 Å². The van der Waals surface area contributed by atoms with E-state index in [9.17, 15) is 0 Å². The molecule has 2 fully saturated rings. The molecule has 0 aromatic heterocycles. The highest BCUT2D eigenvalue weighted by atomic mass is 15.1. The zero-order chi connectivity index (χ0) is 24.9. The Kier molecular flexibility index (Phi) is 6.99. The maximum atomic E-state index is 2.55. The van der Waals surface area contributed by atoms with Gasteiger partial charge in [0.05, 0.1) is 5.41 Å². The number of hydrogen-bond donors (Lipinski definition) is 0. The smallest absolute Gasteiger partial charge is 0.0701 e. The van der Waals surface area contributed by atoms with Gasteiger partial charge in [-0.05, 0) is 85.0 Å².